The molecule has 1 aromatic rings. The number of rotatable bonds is 6. The van der Waals surface area contributed by atoms with Gasteiger partial charge in [-0.2, -0.15) is 0 Å². The monoisotopic (exact) mass is 276 g/mol. The maximum Gasteiger partial charge on any atom is 0.269 e. The van der Waals surface area contributed by atoms with Crippen LogP contribution in [0.5, 0.6) is 0 Å². The van der Waals surface area contributed by atoms with Gasteiger partial charge >= 0.3 is 0 Å². The summed E-state index contributed by atoms with van der Waals surface area (Å²) >= 11 is 0. The Kier molecular flexibility index (Phi) is 5.12. The highest BCUT2D eigenvalue weighted by Crippen LogP contribution is 2.28. The molecule has 0 fully saturated rings. The van der Waals surface area contributed by atoms with Gasteiger partial charge < -0.3 is 4.90 Å². The highest BCUT2D eigenvalue weighted by molar-refractivity contribution is 5.41. The Hall–Kier alpha value is -1.42. The zero-order chi connectivity index (χ0) is 14.5. The van der Waals surface area contributed by atoms with Crippen molar-refractivity contribution in [3.05, 3.63) is 39.4 Å². The van der Waals surface area contributed by atoms with Gasteiger partial charge in [0.15, 0.2) is 0 Å². The topological polar surface area (TPSA) is 46.4 Å². The molecule has 0 amide bonds. The summed E-state index contributed by atoms with van der Waals surface area (Å²) in [6, 6.07) is 5.89. The molecule has 1 aliphatic carbocycles. The van der Waals surface area contributed by atoms with Crippen molar-refractivity contribution < 1.29 is 4.92 Å². The summed E-state index contributed by atoms with van der Waals surface area (Å²) in [5.74, 6) is 0. The SMILES string of the molecule is CCCN(CCC)[C@H]1CCc2ccc([N+](=O)[O-])cc2C1. The number of hydrogen-bond acceptors (Lipinski definition) is 3. The van der Waals surface area contributed by atoms with E-state index in [1.807, 2.05) is 6.07 Å². The molecule has 0 N–H and O–H groups in total. The average molecular weight is 276 g/mol. The normalized spacial score (nSPS) is 18.1. The van der Waals surface area contributed by atoms with Crippen LogP contribution in [0.1, 0.15) is 44.2 Å². The molecule has 0 heterocycles. The summed E-state index contributed by atoms with van der Waals surface area (Å²) in [6.45, 7) is 6.68. The first-order valence-electron chi connectivity index (χ1n) is 7.66. The Bertz CT molecular complexity index is 468. The second-order valence-corrected chi connectivity index (χ2v) is 5.64. The van der Waals surface area contributed by atoms with Gasteiger partial charge in [-0.1, -0.05) is 19.9 Å². The lowest BCUT2D eigenvalue weighted by atomic mass is 9.87. The van der Waals surface area contributed by atoms with Crippen molar-refractivity contribution >= 4 is 5.69 Å². The van der Waals surface area contributed by atoms with Crippen LogP contribution in [0.4, 0.5) is 5.69 Å². The minimum absolute atomic E-state index is 0.224. The Morgan fingerprint density at radius 3 is 2.55 bits per heavy atom. The first-order chi connectivity index (χ1) is 9.65. The lowest BCUT2D eigenvalue weighted by Gasteiger charge is -2.35. The van der Waals surface area contributed by atoms with Gasteiger partial charge in [-0.3, -0.25) is 10.1 Å². The average Bonchev–Trinajstić information content (AvgIpc) is 2.45. The Morgan fingerprint density at radius 2 is 1.95 bits per heavy atom. The van der Waals surface area contributed by atoms with Gasteiger partial charge in [0.25, 0.3) is 5.69 Å². The standard InChI is InChI=1S/C16H24N2O2/c1-3-9-17(10-4-2)15-7-5-13-6-8-16(18(19)20)12-14(13)11-15/h6,8,12,15H,3-5,7,9-11H2,1-2H3/t15-/m0/s1. The number of nitrogens with zero attached hydrogens (tertiary/aromatic N) is 2. The number of benzene rings is 1. The maximum absolute atomic E-state index is 10.9. The molecule has 0 spiro atoms. The molecule has 0 aromatic heterocycles. The highest BCUT2D eigenvalue weighted by Gasteiger charge is 2.24. The quantitative estimate of drug-likeness (QED) is 0.589. The number of nitro groups is 1. The molecule has 0 saturated heterocycles. The van der Waals surface area contributed by atoms with Crippen molar-refractivity contribution in [2.45, 2.75) is 52.0 Å². The van der Waals surface area contributed by atoms with Gasteiger partial charge in [-0.05, 0) is 56.3 Å². The maximum atomic E-state index is 10.9. The molecular weight excluding hydrogens is 252 g/mol. The second kappa shape index (κ2) is 6.84. The molecule has 0 aliphatic heterocycles. The smallest absolute Gasteiger partial charge is 0.269 e. The zero-order valence-corrected chi connectivity index (χ0v) is 12.5. The van der Waals surface area contributed by atoms with Gasteiger partial charge in [0, 0.05) is 18.2 Å². The summed E-state index contributed by atoms with van der Waals surface area (Å²) in [6.07, 6.45) is 5.50. The molecule has 110 valence electrons. The fraction of sp³-hybridized carbons (Fsp3) is 0.625. The van der Waals surface area contributed by atoms with Crippen LogP contribution >= 0.6 is 0 Å². The van der Waals surface area contributed by atoms with E-state index in [0.29, 0.717) is 6.04 Å². The molecule has 1 aromatic carbocycles. The fourth-order valence-electron chi connectivity index (χ4n) is 3.20. The first kappa shape index (κ1) is 15.0. The van der Waals surface area contributed by atoms with E-state index in [9.17, 15) is 10.1 Å². The molecule has 1 atom stereocenters. The lowest BCUT2D eigenvalue weighted by Crippen LogP contribution is -2.40. The molecule has 0 saturated carbocycles. The highest BCUT2D eigenvalue weighted by atomic mass is 16.6. The van der Waals surface area contributed by atoms with Gasteiger partial charge in [0.1, 0.15) is 0 Å². The second-order valence-electron chi connectivity index (χ2n) is 5.64. The molecule has 0 radical (unpaired) electrons. The van der Waals surface area contributed by atoms with Crippen LogP contribution in [0, 0.1) is 10.1 Å². The van der Waals surface area contributed by atoms with E-state index in [0.717, 1.165) is 38.8 Å². The Labute approximate surface area is 120 Å². The fourth-order valence-corrected chi connectivity index (χ4v) is 3.20. The minimum Gasteiger partial charge on any atom is -0.300 e. The molecule has 2 rings (SSSR count). The first-order valence-corrected chi connectivity index (χ1v) is 7.66. The van der Waals surface area contributed by atoms with Gasteiger partial charge in [-0.25, -0.2) is 0 Å². The van der Waals surface area contributed by atoms with Crippen molar-refractivity contribution in [1.29, 1.82) is 0 Å². The Morgan fingerprint density at radius 1 is 1.25 bits per heavy atom. The van der Waals surface area contributed by atoms with Gasteiger partial charge in [0.05, 0.1) is 4.92 Å². The van der Waals surface area contributed by atoms with E-state index >= 15 is 0 Å². The van der Waals surface area contributed by atoms with Crippen molar-refractivity contribution in [3.8, 4) is 0 Å². The van der Waals surface area contributed by atoms with E-state index in [1.165, 1.54) is 17.5 Å². The Balaban J connectivity index is 2.15. The van der Waals surface area contributed by atoms with Crippen LogP contribution in [0.3, 0.4) is 0 Å². The molecule has 1 aliphatic rings. The van der Waals surface area contributed by atoms with Crippen LogP contribution in [0.25, 0.3) is 0 Å². The summed E-state index contributed by atoms with van der Waals surface area (Å²) in [5.41, 5.74) is 2.69. The van der Waals surface area contributed by atoms with Gasteiger partial charge in [0.2, 0.25) is 0 Å². The molecule has 0 unspecified atom stereocenters. The van der Waals surface area contributed by atoms with Crippen LogP contribution in [0.2, 0.25) is 0 Å². The summed E-state index contributed by atoms with van der Waals surface area (Å²) < 4.78 is 0. The number of nitro benzene ring substituents is 1. The molecule has 20 heavy (non-hydrogen) atoms. The minimum atomic E-state index is -0.292. The zero-order valence-electron chi connectivity index (χ0n) is 12.5. The van der Waals surface area contributed by atoms with Crippen molar-refractivity contribution in [2.24, 2.45) is 0 Å². The largest absolute Gasteiger partial charge is 0.300 e. The summed E-state index contributed by atoms with van der Waals surface area (Å²) in [4.78, 5) is 13.2. The number of hydrogen-bond donors (Lipinski definition) is 0. The molecular formula is C16H24N2O2. The number of fused-ring (bicyclic) bond motifs is 1. The predicted octanol–water partition coefficient (Wildman–Crippen LogP) is 3.57. The van der Waals surface area contributed by atoms with E-state index in [1.54, 1.807) is 12.1 Å². The molecule has 4 nitrogen and oxygen atoms in total. The van der Waals surface area contributed by atoms with Crippen LogP contribution in [-0.4, -0.2) is 29.0 Å². The van der Waals surface area contributed by atoms with E-state index < -0.39 is 0 Å². The summed E-state index contributed by atoms with van der Waals surface area (Å²) in [5, 5.41) is 10.9. The van der Waals surface area contributed by atoms with E-state index in [4.69, 9.17) is 0 Å². The van der Waals surface area contributed by atoms with Crippen LogP contribution < -0.4 is 0 Å². The van der Waals surface area contributed by atoms with Crippen LogP contribution in [-0.2, 0) is 12.8 Å². The molecule has 0 bridgehead atoms. The van der Waals surface area contributed by atoms with Crippen molar-refractivity contribution in [3.63, 3.8) is 0 Å². The number of aryl methyl sites for hydroxylation is 1. The third-order valence-electron chi connectivity index (χ3n) is 4.14. The number of non-ortho nitro benzene ring substituents is 1. The predicted molar refractivity (Wildman–Crippen MR) is 81.1 cm³/mol. The van der Waals surface area contributed by atoms with Gasteiger partial charge in [-0.15, -0.1) is 0 Å². The summed E-state index contributed by atoms with van der Waals surface area (Å²) in [7, 11) is 0. The van der Waals surface area contributed by atoms with Crippen LogP contribution in [0.15, 0.2) is 18.2 Å². The third kappa shape index (κ3) is 3.37. The third-order valence-corrected chi connectivity index (χ3v) is 4.14. The van der Waals surface area contributed by atoms with E-state index in [-0.39, 0.29) is 10.6 Å². The van der Waals surface area contributed by atoms with E-state index in [2.05, 4.69) is 18.7 Å². The van der Waals surface area contributed by atoms with Crippen molar-refractivity contribution in [2.75, 3.05) is 13.1 Å². The van der Waals surface area contributed by atoms with Crippen molar-refractivity contribution in [1.82, 2.24) is 4.90 Å². The lowest BCUT2D eigenvalue weighted by molar-refractivity contribution is -0.384. The molecule has 4 heteroatoms.